The lowest BCUT2D eigenvalue weighted by atomic mass is 10.2. The number of alkyl halides is 3. The Labute approximate surface area is 134 Å². The zero-order valence-electron chi connectivity index (χ0n) is 11.1. The number of nitrogens with zero attached hydrogens (tertiary/aromatic N) is 1. The molecule has 0 saturated heterocycles. The fourth-order valence-electron chi connectivity index (χ4n) is 1.72. The van der Waals surface area contributed by atoms with E-state index < -0.39 is 26.8 Å². The number of benzene rings is 2. The van der Waals surface area contributed by atoms with E-state index in [9.17, 15) is 21.6 Å². The van der Waals surface area contributed by atoms with Gasteiger partial charge < -0.3 is 4.18 Å². The van der Waals surface area contributed by atoms with Gasteiger partial charge in [-0.3, -0.25) is 0 Å². The zero-order valence-corrected chi connectivity index (χ0v) is 12.7. The molecule has 0 aliphatic heterocycles. The van der Waals surface area contributed by atoms with Gasteiger partial charge in [0.25, 0.3) is 0 Å². The Kier molecular flexibility index (Phi) is 4.54. The van der Waals surface area contributed by atoms with Crippen LogP contribution in [0.4, 0.5) is 13.2 Å². The van der Waals surface area contributed by atoms with Crippen molar-refractivity contribution in [3.8, 4) is 11.8 Å². The molecule has 23 heavy (non-hydrogen) atoms. The van der Waals surface area contributed by atoms with Crippen LogP contribution in [0.5, 0.6) is 5.75 Å². The summed E-state index contributed by atoms with van der Waals surface area (Å²) in [6.07, 6.45) is -4.86. The molecule has 2 aromatic rings. The normalized spacial score (nSPS) is 11.8. The van der Waals surface area contributed by atoms with Gasteiger partial charge in [-0.25, -0.2) is 0 Å². The number of hydrogen-bond acceptors (Lipinski definition) is 4. The first-order chi connectivity index (χ1) is 10.6. The minimum atomic E-state index is -4.86. The highest BCUT2D eigenvalue weighted by Gasteiger charge is 2.37. The molecule has 0 aliphatic rings. The second kappa shape index (κ2) is 6.10. The summed E-state index contributed by atoms with van der Waals surface area (Å²) < 4.78 is 67.7. The van der Waals surface area contributed by atoms with Gasteiger partial charge in [0.15, 0.2) is 5.75 Å². The average molecular weight is 362 g/mol. The summed E-state index contributed by atoms with van der Waals surface area (Å²) in [5.74, 6) is -0.373. The van der Waals surface area contributed by atoms with E-state index in [1.165, 1.54) is 6.07 Å². The third-order valence-electron chi connectivity index (χ3n) is 2.72. The van der Waals surface area contributed by atoms with Gasteiger partial charge in [0.2, 0.25) is 0 Å². The van der Waals surface area contributed by atoms with Crippen LogP contribution in [-0.4, -0.2) is 8.42 Å². The Morgan fingerprint density at radius 2 is 1.78 bits per heavy atom. The van der Waals surface area contributed by atoms with Crippen LogP contribution in [-0.2, 0) is 16.3 Å². The summed E-state index contributed by atoms with van der Waals surface area (Å²) in [6.45, 7) is 0. The summed E-state index contributed by atoms with van der Waals surface area (Å²) >= 11 is 5.77. The zero-order chi connectivity index (χ0) is 17.3. The van der Waals surface area contributed by atoms with Crippen molar-refractivity contribution in [3.05, 3.63) is 58.6 Å². The van der Waals surface area contributed by atoms with Crippen LogP contribution >= 0.6 is 11.6 Å². The molecule has 0 bridgehead atoms. The Balaban J connectivity index is 2.47. The molecule has 0 saturated carbocycles. The van der Waals surface area contributed by atoms with Crippen LogP contribution in [0.25, 0.3) is 0 Å². The maximum absolute atomic E-state index is 12.9. The molecule has 2 aromatic carbocycles. The Bertz CT molecular complexity index is 889. The van der Waals surface area contributed by atoms with Crippen LogP contribution in [0, 0.1) is 11.3 Å². The fraction of sp³-hybridized carbons (Fsp3) is 0.0714. The molecule has 2 rings (SSSR count). The van der Waals surface area contributed by atoms with Gasteiger partial charge in [0.1, 0.15) is 4.90 Å². The number of halogens is 4. The highest BCUT2D eigenvalue weighted by Crippen LogP contribution is 2.36. The lowest BCUT2D eigenvalue weighted by Gasteiger charge is -2.14. The van der Waals surface area contributed by atoms with E-state index in [0.29, 0.717) is 6.07 Å². The molecular formula is C14H7ClF3NO3S. The third kappa shape index (κ3) is 3.75. The van der Waals surface area contributed by atoms with E-state index in [1.54, 1.807) is 6.07 Å². The Morgan fingerprint density at radius 3 is 2.35 bits per heavy atom. The quantitative estimate of drug-likeness (QED) is 0.775. The maximum atomic E-state index is 12.9. The molecular weight excluding hydrogens is 355 g/mol. The smallest absolute Gasteiger partial charge is 0.377 e. The minimum Gasteiger partial charge on any atom is -0.377 e. The van der Waals surface area contributed by atoms with Gasteiger partial charge in [-0.1, -0.05) is 23.7 Å². The van der Waals surface area contributed by atoms with Gasteiger partial charge in [-0.15, -0.1) is 0 Å². The summed E-state index contributed by atoms with van der Waals surface area (Å²) in [4.78, 5) is -1.02. The Hall–Kier alpha value is -2.24. The monoisotopic (exact) mass is 361 g/mol. The van der Waals surface area contributed by atoms with Crippen molar-refractivity contribution in [2.45, 2.75) is 11.1 Å². The molecule has 0 aromatic heterocycles. The standard InChI is InChI=1S/C14H7ClF3NO3S/c15-11-7-9(8-19)5-6-12(11)22-23(20,21)13-4-2-1-3-10(13)14(16,17)18/h1-7H. The summed E-state index contributed by atoms with van der Waals surface area (Å²) in [5, 5.41) is 8.49. The highest BCUT2D eigenvalue weighted by molar-refractivity contribution is 7.87. The molecule has 0 radical (unpaired) electrons. The van der Waals surface area contributed by atoms with Crippen molar-refractivity contribution in [1.29, 1.82) is 5.26 Å². The average Bonchev–Trinajstić information content (AvgIpc) is 2.48. The number of rotatable bonds is 3. The molecule has 120 valence electrons. The van der Waals surface area contributed by atoms with E-state index in [4.69, 9.17) is 16.9 Å². The van der Waals surface area contributed by atoms with Crippen molar-refractivity contribution in [1.82, 2.24) is 0 Å². The molecule has 0 unspecified atom stereocenters. The van der Waals surface area contributed by atoms with Crippen LogP contribution in [0.2, 0.25) is 5.02 Å². The molecule has 0 amide bonds. The van der Waals surface area contributed by atoms with E-state index in [0.717, 1.165) is 30.3 Å². The lowest BCUT2D eigenvalue weighted by molar-refractivity contribution is -0.139. The molecule has 0 heterocycles. The molecule has 0 atom stereocenters. The molecule has 4 nitrogen and oxygen atoms in total. The molecule has 0 aliphatic carbocycles. The van der Waals surface area contributed by atoms with E-state index >= 15 is 0 Å². The fourth-order valence-corrected chi connectivity index (χ4v) is 3.15. The highest BCUT2D eigenvalue weighted by atomic mass is 35.5. The van der Waals surface area contributed by atoms with Crippen LogP contribution < -0.4 is 4.18 Å². The van der Waals surface area contributed by atoms with Crippen molar-refractivity contribution < 1.29 is 25.8 Å². The first-order valence-electron chi connectivity index (χ1n) is 5.95. The van der Waals surface area contributed by atoms with E-state index in [-0.39, 0.29) is 16.3 Å². The van der Waals surface area contributed by atoms with Gasteiger partial charge in [0, 0.05) is 0 Å². The topological polar surface area (TPSA) is 67.2 Å². The van der Waals surface area contributed by atoms with E-state index in [2.05, 4.69) is 4.18 Å². The van der Waals surface area contributed by atoms with Crippen LogP contribution in [0.1, 0.15) is 11.1 Å². The van der Waals surface area contributed by atoms with Crippen LogP contribution in [0.3, 0.4) is 0 Å². The van der Waals surface area contributed by atoms with E-state index in [1.807, 2.05) is 0 Å². The van der Waals surface area contributed by atoms with Crippen molar-refractivity contribution in [2.24, 2.45) is 0 Å². The predicted octanol–water partition coefficient (Wildman–Crippen LogP) is 4.00. The largest absolute Gasteiger partial charge is 0.417 e. The first-order valence-corrected chi connectivity index (χ1v) is 7.74. The van der Waals surface area contributed by atoms with Crippen molar-refractivity contribution >= 4 is 21.7 Å². The van der Waals surface area contributed by atoms with Gasteiger partial charge in [-0.05, 0) is 30.3 Å². The molecule has 0 spiro atoms. The summed E-state index contributed by atoms with van der Waals surface area (Å²) in [5.41, 5.74) is -1.19. The van der Waals surface area contributed by atoms with Gasteiger partial charge in [0.05, 0.1) is 22.2 Å². The second-order valence-corrected chi connectivity index (χ2v) is 6.21. The lowest BCUT2D eigenvalue weighted by Crippen LogP contribution is -2.17. The van der Waals surface area contributed by atoms with Gasteiger partial charge in [-0.2, -0.15) is 26.9 Å². The number of hydrogen-bond donors (Lipinski definition) is 0. The molecule has 9 heteroatoms. The Morgan fingerprint density at radius 1 is 1.13 bits per heavy atom. The number of nitriles is 1. The van der Waals surface area contributed by atoms with Crippen molar-refractivity contribution in [3.63, 3.8) is 0 Å². The summed E-state index contributed by atoms with van der Waals surface area (Å²) in [7, 11) is -4.76. The minimum absolute atomic E-state index is 0.149. The maximum Gasteiger partial charge on any atom is 0.417 e. The van der Waals surface area contributed by atoms with Crippen molar-refractivity contribution in [2.75, 3.05) is 0 Å². The summed E-state index contributed by atoms with van der Waals surface area (Å²) in [6, 6.07) is 8.88. The second-order valence-electron chi connectivity index (χ2n) is 4.29. The molecule has 0 fully saturated rings. The van der Waals surface area contributed by atoms with Gasteiger partial charge >= 0.3 is 16.3 Å². The third-order valence-corrected chi connectivity index (χ3v) is 4.31. The molecule has 0 N–H and O–H groups in total. The van der Waals surface area contributed by atoms with Crippen LogP contribution in [0.15, 0.2) is 47.4 Å². The SMILES string of the molecule is N#Cc1ccc(OS(=O)(=O)c2ccccc2C(F)(F)F)c(Cl)c1. The predicted molar refractivity (Wildman–Crippen MR) is 75.4 cm³/mol. The first kappa shape index (κ1) is 17.1.